The molecule has 0 saturated carbocycles. The summed E-state index contributed by atoms with van der Waals surface area (Å²) in [6, 6.07) is 4.59. The van der Waals surface area contributed by atoms with E-state index in [0.717, 1.165) is 5.69 Å². The largest absolute Gasteiger partial charge is 0.497 e. The molecule has 0 radical (unpaired) electrons. The van der Waals surface area contributed by atoms with Gasteiger partial charge in [-0.3, -0.25) is 0 Å². The third-order valence-electron chi connectivity index (χ3n) is 2.53. The molecule has 1 aromatic heterocycles. The third kappa shape index (κ3) is 2.29. The van der Waals surface area contributed by atoms with E-state index in [1.807, 2.05) is 0 Å². The molecular weight excluding hydrogens is 221 g/mol. The molecule has 2 N–H and O–H groups in total. The summed E-state index contributed by atoms with van der Waals surface area (Å²) in [4.78, 5) is 4.01. The second-order valence-electron chi connectivity index (χ2n) is 3.61. The predicted octanol–water partition coefficient (Wildman–Crippen LogP) is 1.52. The number of hydrogen-bond donors (Lipinski definition) is 1. The summed E-state index contributed by atoms with van der Waals surface area (Å²) in [7, 11) is 1.55. The summed E-state index contributed by atoms with van der Waals surface area (Å²) < 4.78 is 20.5. The number of nitrogens with two attached hydrogens (primary N) is 1. The highest BCUT2D eigenvalue weighted by atomic mass is 19.1. The zero-order valence-electron chi connectivity index (χ0n) is 9.56. The standard InChI is InChI=1S/C12H14FN3O/c1-17-10-2-3-11(13)12(6-10)16-8-15-7-9(16)4-5-14/h2-3,6-8H,4-5,14H2,1H3. The van der Waals surface area contributed by atoms with E-state index in [4.69, 9.17) is 10.5 Å². The Morgan fingerprint density at radius 3 is 3.00 bits per heavy atom. The van der Waals surface area contributed by atoms with Gasteiger partial charge in [0.1, 0.15) is 11.6 Å². The fourth-order valence-electron chi connectivity index (χ4n) is 1.68. The third-order valence-corrected chi connectivity index (χ3v) is 2.53. The summed E-state index contributed by atoms with van der Waals surface area (Å²) in [5.74, 6) is 0.288. The first-order valence-electron chi connectivity index (χ1n) is 5.31. The average molecular weight is 235 g/mol. The first-order valence-corrected chi connectivity index (χ1v) is 5.31. The maximum Gasteiger partial charge on any atom is 0.147 e. The van der Waals surface area contributed by atoms with Gasteiger partial charge in [-0.2, -0.15) is 0 Å². The Hall–Kier alpha value is -1.88. The molecule has 1 heterocycles. The van der Waals surface area contributed by atoms with Crippen LogP contribution >= 0.6 is 0 Å². The molecule has 0 spiro atoms. The lowest BCUT2D eigenvalue weighted by atomic mass is 10.2. The van der Waals surface area contributed by atoms with E-state index in [0.29, 0.717) is 24.4 Å². The van der Waals surface area contributed by atoms with Gasteiger partial charge in [0, 0.05) is 24.4 Å². The minimum Gasteiger partial charge on any atom is -0.497 e. The Bertz CT molecular complexity index is 510. The normalized spacial score (nSPS) is 10.5. The van der Waals surface area contributed by atoms with E-state index >= 15 is 0 Å². The van der Waals surface area contributed by atoms with Gasteiger partial charge in [0.2, 0.25) is 0 Å². The van der Waals surface area contributed by atoms with E-state index in [2.05, 4.69) is 4.98 Å². The Kier molecular flexibility index (Phi) is 3.39. The maximum atomic E-state index is 13.8. The molecule has 2 aromatic rings. The topological polar surface area (TPSA) is 53.1 Å². The molecule has 17 heavy (non-hydrogen) atoms. The molecule has 0 aliphatic rings. The minimum atomic E-state index is -0.318. The van der Waals surface area contributed by atoms with Crippen LogP contribution in [-0.2, 0) is 6.42 Å². The number of aromatic nitrogens is 2. The average Bonchev–Trinajstić information content (AvgIpc) is 2.78. The number of hydrogen-bond acceptors (Lipinski definition) is 3. The summed E-state index contributed by atoms with van der Waals surface area (Å²) in [6.45, 7) is 0.497. The van der Waals surface area contributed by atoms with Crippen LogP contribution in [0.15, 0.2) is 30.7 Å². The number of halogens is 1. The molecule has 0 saturated heterocycles. The summed E-state index contributed by atoms with van der Waals surface area (Å²) in [5.41, 5.74) is 6.80. The highest BCUT2D eigenvalue weighted by molar-refractivity contribution is 5.41. The lowest BCUT2D eigenvalue weighted by molar-refractivity contribution is 0.413. The molecule has 2 rings (SSSR count). The van der Waals surface area contributed by atoms with Crippen molar-refractivity contribution in [3.05, 3.63) is 42.2 Å². The number of imidazole rings is 1. The predicted molar refractivity (Wildman–Crippen MR) is 62.8 cm³/mol. The van der Waals surface area contributed by atoms with E-state index in [-0.39, 0.29) is 5.82 Å². The number of ether oxygens (including phenoxy) is 1. The van der Waals surface area contributed by atoms with Crippen molar-refractivity contribution in [3.63, 3.8) is 0 Å². The molecule has 0 fully saturated rings. The number of benzene rings is 1. The number of methoxy groups -OCH3 is 1. The second-order valence-corrected chi connectivity index (χ2v) is 3.61. The van der Waals surface area contributed by atoms with Gasteiger partial charge in [0.05, 0.1) is 19.1 Å². The van der Waals surface area contributed by atoms with Crippen LogP contribution in [0.5, 0.6) is 5.75 Å². The molecule has 5 heteroatoms. The molecule has 0 atom stereocenters. The van der Waals surface area contributed by atoms with E-state index in [1.54, 1.807) is 36.3 Å². The molecule has 0 amide bonds. The van der Waals surface area contributed by atoms with Crippen LogP contribution in [0.25, 0.3) is 5.69 Å². The molecule has 4 nitrogen and oxygen atoms in total. The van der Waals surface area contributed by atoms with E-state index in [9.17, 15) is 4.39 Å². The lowest BCUT2D eigenvalue weighted by Gasteiger charge is -2.10. The fraction of sp³-hybridized carbons (Fsp3) is 0.250. The van der Waals surface area contributed by atoms with Crippen molar-refractivity contribution in [1.29, 1.82) is 0 Å². The zero-order chi connectivity index (χ0) is 12.3. The van der Waals surface area contributed by atoms with Gasteiger partial charge in [-0.1, -0.05) is 0 Å². The Morgan fingerprint density at radius 2 is 2.29 bits per heavy atom. The summed E-state index contributed by atoms with van der Waals surface area (Å²) >= 11 is 0. The van der Waals surface area contributed by atoms with Gasteiger partial charge in [-0.25, -0.2) is 9.37 Å². The quantitative estimate of drug-likeness (QED) is 0.874. The van der Waals surface area contributed by atoms with Crippen molar-refractivity contribution in [2.24, 2.45) is 5.73 Å². The van der Waals surface area contributed by atoms with E-state index < -0.39 is 0 Å². The molecule has 0 bridgehead atoms. The van der Waals surface area contributed by atoms with Crippen molar-refractivity contribution < 1.29 is 9.13 Å². The van der Waals surface area contributed by atoms with Gasteiger partial charge in [-0.05, 0) is 18.7 Å². The monoisotopic (exact) mass is 235 g/mol. The van der Waals surface area contributed by atoms with Crippen molar-refractivity contribution in [2.75, 3.05) is 13.7 Å². The van der Waals surface area contributed by atoms with E-state index in [1.165, 1.54) is 6.07 Å². The van der Waals surface area contributed by atoms with Crippen LogP contribution in [0.2, 0.25) is 0 Å². The van der Waals surface area contributed by atoms with Crippen molar-refractivity contribution in [2.45, 2.75) is 6.42 Å². The SMILES string of the molecule is COc1ccc(F)c(-n2cncc2CCN)c1. The van der Waals surface area contributed by atoms with Crippen LogP contribution in [0, 0.1) is 5.82 Å². The van der Waals surface area contributed by atoms with Crippen LogP contribution in [0.4, 0.5) is 4.39 Å². The molecule has 0 unspecified atom stereocenters. The highest BCUT2D eigenvalue weighted by Crippen LogP contribution is 2.21. The summed E-state index contributed by atoms with van der Waals surface area (Å²) in [5, 5.41) is 0. The molecule has 0 aliphatic heterocycles. The fourth-order valence-corrected chi connectivity index (χ4v) is 1.68. The molecular formula is C12H14FN3O. The van der Waals surface area contributed by atoms with Crippen LogP contribution < -0.4 is 10.5 Å². The van der Waals surface area contributed by atoms with Gasteiger partial charge in [-0.15, -0.1) is 0 Å². The van der Waals surface area contributed by atoms with Gasteiger partial charge < -0.3 is 15.0 Å². The van der Waals surface area contributed by atoms with Crippen molar-refractivity contribution >= 4 is 0 Å². The van der Waals surface area contributed by atoms with Crippen LogP contribution in [0.1, 0.15) is 5.69 Å². The lowest BCUT2D eigenvalue weighted by Crippen LogP contribution is -2.08. The molecule has 90 valence electrons. The van der Waals surface area contributed by atoms with Gasteiger partial charge >= 0.3 is 0 Å². The minimum absolute atomic E-state index is 0.318. The van der Waals surface area contributed by atoms with Gasteiger partial charge in [0.15, 0.2) is 0 Å². The molecule has 1 aromatic carbocycles. The Labute approximate surface area is 98.8 Å². The van der Waals surface area contributed by atoms with Crippen molar-refractivity contribution in [3.8, 4) is 11.4 Å². The summed E-state index contributed by atoms with van der Waals surface area (Å²) in [6.07, 6.45) is 3.91. The number of rotatable bonds is 4. The highest BCUT2D eigenvalue weighted by Gasteiger charge is 2.09. The first kappa shape index (κ1) is 11.6. The zero-order valence-corrected chi connectivity index (χ0v) is 9.56. The Balaban J connectivity index is 2.47. The second kappa shape index (κ2) is 4.97. The number of nitrogens with zero attached hydrogens (tertiary/aromatic N) is 2. The van der Waals surface area contributed by atoms with Crippen LogP contribution in [-0.4, -0.2) is 23.2 Å². The molecule has 0 aliphatic carbocycles. The van der Waals surface area contributed by atoms with Crippen molar-refractivity contribution in [1.82, 2.24) is 9.55 Å². The maximum absolute atomic E-state index is 13.8. The Morgan fingerprint density at radius 1 is 1.47 bits per heavy atom. The van der Waals surface area contributed by atoms with Crippen LogP contribution in [0.3, 0.4) is 0 Å². The smallest absolute Gasteiger partial charge is 0.147 e. The first-order chi connectivity index (χ1) is 8.26. The van der Waals surface area contributed by atoms with Gasteiger partial charge in [0.25, 0.3) is 0 Å².